The van der Waals surface area contributed by atoms with Gasteiger partial charge in [-0.1, -0.05) is 20.8 Å². The summed E-state index contributed by atoms with van der Waals surface area (Å²) in [6, 6.07) is 2.23. The van der Waals surface area contributed by atoms with Gasteiger partial charge in [-0.3, -0.25) is 4.79 Å². The monoisotopic (exact) mass is 318 g/mol. The van der Waals surface area contributed by atoms with Gasteiger partial charge in [-0.15, -0.1) is 0 Å². The second kappa shape index (κ2) is 8.85. The number of carbonyl (C=O) groups excluding carboxylic acids is 1. The van der Waals surface area contributed by atoms with Crippen molar-refractivity contribution < 1.29 is 4.79 Å². The summed E-state index contributed by atoms with van der Waals surface area (Å²) in [4.78, 5) is 25.8. The summed E-state index contributed by atoms with van der Waals surface area (Å²) < 4.78 is 0. The summed E-state index contributed by atoms with van der Waals surface area (Å²) >= 11 is 0. The zero-order chi connectivity index (χ0) is 16.7. The summed E-state index contributed by atoms with van der Waals surface area (Å²) in [5.74, 6) is 0.935. The molecule has 1 aliphatic heterocycles. The smallest absolute Gasteiger partial charge is 0.272 e. The minimum atomic E-state index is 0.0631. The maximum Gasteiger partial charge on any atom is 0.272 e. The highest BCUT2D eigenvalue weighted by atomic mass is 16.2. The molecule has 1 saturated heterocycles. The van der Waals surface area contributed by atoms with Gasteiger partial charge in [-0.2, -0.15) is 0 Å². The number of nitrogens with zero attached hydrogens (tertiary/aromatic N) is 4. The largest absolute Gasteiger partial charge is 0.357 e. The van der Waals surface area contributed by atoms with Crippen LogP contribution in [0.5, 0.6) is 0 Å². The predicted molar refractivity (Wildman–Crippen MR) is 93.8 cm³/mol. The van der Waals surface area contributed by atoms with Crippen LogP contribution in [0.15, 0.2) is 12.4 Å². The molecule has 128 valence electrons. The Labute approximate surface area is 140 Å². The Morgan fingerprint density at radius 1 is 1.22 bits per heavy atom. The van der Waals surface area contributed by atoms with Crippen LogP contribution < -0.4 is 4.90 Å². The number of rotatable bonds is 7. The lowest BCUT2D eigenvalue weighted by molar-refractivity contribution is 0.0602. The van der Waals surface area contributed by atoms with Gasteiger partial charge in [-0.05, 0) is 38.5 Å². The van der Waals surface area contributed by atoms with Gasteiger partial charge in [0.1, 0.15) is 17.8 Å². The van der Waals surface area contributed by atoms with Crippen LogP contribution in [0, 0.1) is 0 Å². The minimum Gasteiger partial charge on any atom is -0.357 e. The number of likely N-dealkylation sites (tertiary alicyclic amines) is 1. The zero-order valence-corrected chi connectivity index (χ0v) is 14.8. The summed E-state index contributed by atoms with van der Waals surface area (Å²) in [5.41, 5.74) is 0.535. The van der Waals surface area contributed by atoms with Crippen molar-refractivity contribution >= 4 is 11.7 Å². The van der Waals surface area contributed by atoms with E-state index in [2.05, 4.69) is 35.6 Å². The maximum atomic E-state index is 12.9. The van der Waals surface area contributed by atoms with Gasteiger partial charge < -0.3 is 9.80 Å². The molecule has 1 unspecified atom stereocenters. The first-order valence-corrected chi connectivity index (χ1v) is 9.09. The molecule has 5 nitrogen and oxygen atoms in total. The molecule has 2 heterocycles. The lowest BCUT2D eigenvalue weighted by Crippen LogP contribution is -2.43. The summed E-state index contributed by atoms with van der Waals surface area (Å²) in [5, 5.41) is 0. The first-order valence-electron chi connectivity index (χ1n) is 9.09. The van der Waals surface area contributed by atoms with Crippen molar-refractivity contribution in [1.82, 2.24) is 14.9 Å². The van der Waals surface area contributed by atoms with Gasteiger partial charge in [0.05, 0.1) is 0 Å². The fourth-order valence-corrected chi connectivity index (χ4v) is 3.36. The van der Waals surface area contributed by atoms with Crippen molar-refractivity contribution in [3.05, 3.63) is 18.1 Å². The molecule has 0 bridgehead atoms. The SMILES string of the molecule is CCCN(CCC)c1cc(C(=O)N2CCCCC2CC)ncn1. The number of amides is 1. The Hall–Kier alpha value is -1.65. The fraction of sp³-hybridized carbons (Fsp3) is 0.722. The average Bonchev–Trinajstić information content (AvgIpc) is 2.61. The highest BCUT2D eigenvalue weighted by molar-refractivity contribution is 5.93. The lowest BCUT2D eigenvalue weighted by Gasteiger charge is -2.35. The summed E-state index contributed by atoms with van der Waals surface area (Å²) in [6.45, 7) is 9.25. The molecule has 1 fully saturated rings. The fourth-order valence-electron chi connectivity index (χ4n) is 3.36. The van der Waals surface area contributed by atoms with E-state index in [9.17, 15) is 4.79 Å². The third kappa shape index (κ3) is 4.43. The van der Waals surface area contributed by atoms with Crippen LogP contribution in [0.1, 0.15) is 69.8 Å². The van der Waals surface area contributed by atoms with E-state index < -0.39 is 0 Å². The minimum absolute atomic E-state index is 0.0631. The molecule has 0 N–H and O–H groups in total. The molecule has 23 heavy (non-hydrogen) atoms. The van der Waals surface area contributed by atoms with Crippen molar-refractivity contribution in [3.8, 4) is 0 Å². The van der Waals surface area contributed by atoms with Crippen molar-refractivity contribution in [2.75, 3.05) is 24.5 Å². The maximum absolute atomic E-state index is 12.9. The van der Waals surface area contributed by atoms with Crippen molar-refractivity contribution in [2.45, 2.75) is 65.3 Å². The first kappa shape index (κ1) is 17.7. The number of hydrogen-bond acceptors (Lipinski definition) is 4. The number of piperidine rings is 1. The molecule has 0 aliphatic carbocycles. The van der Waals surface area contributed by atoms with E-state index in [4.69, 9.17) is 0 Å². The van der Waals surface area contributed by atoms with Gasteiger partial charge in [0, 0.05) is 31.7 Å². The first-order chi connectivity index (χ1) is 11.2. The number of aromatic nitrogens is 2. The highest BCUT2D eigenvalue weighted by Gasteiger charge is 2.27. The third-order valence-electron chi connectivity index (χ3n) is 4.54. The molecule has 0 saturated carbocycles. The Balaban J connectivity index is 2.18. The lowest BCUT2D eigenvalue weighted by atomic mass is 9.99. The van der Waals surface area contributed by atoms with Gasteiger partial charge in [0.25, 0.3) is 5.91 Å². The molecule has 1 amide bonds. The Morgan fingerprint density at radius 2 is 1.96 bits per heavy atom. The standard InChI is InChI=1S/C18H30N4O/c1-4-10-21(11-5-2)17-13-16(19-14-20-17)18(23)22-12-8-7-9-15(22)6-3/h13-15H,4-12H2,1-3H3. The van der Waals surface area contributed by atoms with E-state index in [1.54, 1.807) is 0 Å². The van der Waals surface area contributed by atoms with E-state index in [0.29, 0.717) is 11.7 Å². The average molecular weight is 318 g/mol. The topological polar surface area (TPSA) is 49.3 Å². The van der Waals surface area contributed by atoms with E-state index >= 15 is 0 Å². The second-order valence-corrected chi connectivity index (χ2v) is 6.30. The van der Waals surface area contributed by atoms with Gasteiger partial charge in [0.2, 0.25) is 0 Å². The van der Waals surface area contributed by atoms with E-state index in [0.717, 1.165) is 57.6 Å². The van der Waals surface area contributed by atoms with Crippen LogP contribution in [-0.2, 0) is 0 Å². The third-order valence-corrected chi connectivity index (χ3v) is 4.54. The van der Waals surface area contributed by atoms with Crippen LogP contribution in [-0.4, -0.2) is 46.5 Å². The van der Waals surface area contributed by atoms with E-state index in [1.807, 2.05) is 11.0 Å². The quantitative estimate of drug-likeness (QED) is 0.772. The van der Waals surface area contributed by atoms with Gasteiger partial charge in [0.15, 0.2) is 0 Å². The molecule has 1 atom stereocenters. The van der Waals surface area contributed by atoms with Crippen LogP contribution >= 0.6 is 0 Å². The molecular weight excluding hydrogens is 288 g/mol. The molecule has 0 aromatic carbocycles. The second-order valence-electron chi connectivity index (χ2n) is 6.30. The number of carbonyl (C=O) groups is 1. The van der Waals surface area contributed by atoms with Gasteiger partial charge in [-0.25, -0.2) is 9.97 Å². The van der Waals surface area contributed by atoms with Crippen LogP contribution in [0.4, 0.5) is 5.82 Å². The van der Waals surface area contributed by atoms with Crippen molar-refractivity contribution in [3.63, 3.8) is 0 Å². The normalized spacial score (nSPS) is 18.0. The Morgan fingerprint density at radius 3 is 2.61 bits per heavy atom. The molecule has 1 aliphatic rings. The summed E-state index contributed by atoms with van der Waals surface area (Å²) in [7, 11) is 0. The molecule has 1 aromatic heterocycles. The Kier molecular flexibility index (Phi) is 6.81. The van der Waals surface area contributed by atoms with Crippen molar-refractivity contribution in [1.29, 1.82) is 0 Å². The molecule has 2 rings (SSSR count). The highest BCUT2D eigenvalue weighted by Crippen LogP contribution is 2.22. The molecule has 0 radical (unpaired) electrons. The van der Waals surface area contributed by atoms with Crippen LogP contribution in [0.25, 0.3) is 0 Å². The predicted octanol–water partition coefficient (Wildman–Crippen LogP) is 3.51. The van der Waals surface area contributed by atoms with E-state index in [-0.39, 0.29) is 5.91 Å². The molecule has 0 spiro atoms. The Bertz CT molecular complexity index is 500. The molecule has 5 heteroatoms. The zero-order valence-electron chi connectivity index (χ0n) is 14.8. The summed E-state index contributed by atoms with van der Waals surface area (Å²) in [6.07, 6.45) is 8.11. The van der Waals surface area contributed by atoms with E-state index in [1.165, 1.54) is 12.7 Å². The number of hydrogen-bond donors (Lipinski definition) is 0. The van der Waals surface area contributed by atoms with Crippen molar-refractivity contribution in [2.24, 2.45) is 0 Å². The number of anilines is 1. The molecule has 1 aromatic rings. The van der Waals surface area contributed by atoms with Crippen LogP contribution in [0.3, 0.4) is 0 Å². The van der Waals surface area contributed by atoms with Crippen LogP contribution in [0.2, 0.25) is 0 Å². The van der Waals surface area contributed by atoms with Gasteiger partial charge >= 0.3 is 0 Å². The molecular formula is C18H30N4O.